The molecule has 0 aliphatic carbocycles. The molecule has 0 atom stereocenters. The van der Waals surface area contributed by atoms with Crippen LogP contribution in [0.1, 0.15) is 10.4 Å². The SMILES string of the molecule is CS(=O)(=O)c1ccc(-c2ccccc2)c(C(=O)N2CCN(c3ccc(O)cc3)CC2)c1. The molecule has 0 spiro atoms. The number of phenols is 1. The molecule has 4 rings (SSSR count). The molecule has 1 N–H and O–H groups in total. The number of phenolic OH excluding ortho intramolecular Hbond substituents is 1. The van der Waals surface area contributed by atoms with E-state index in [9.17, 15) is 18.3 Å². The zero-order valence-corrected chi connectivity index (χ0v) is 18.0. The number of aromatic hydroxyl groups is 1. The summed E-state index contributed by atoms with van der Waals surface area (Å²) in [6, 6.07) is 21.3. The van der Waals surface area contributed by atoms with Gasteiger partial charge in [-0.05, 0) is 47.5 Å². The van der Waals surface area contributed by atoms with Crippen molar-refractivity contribution in [2.75, 3.05) is 37.3 Å². The average Bonchev–Trinajstić information content (AvgIpc) is 2.79. The molecule has 31 heavy (non-hydrogen) atoms. The summed E-state index contributed by atoms with van der Waals surface area (Å²) in [5, 5.41) is 9.48. The maximum Gasteiger partial charge on any atom is 0.254 e. The van der Waals surface area contributed by atoms with Gasteiger partial charge in [0.1, 0.15) is 5.75 Å². The third kappa shape index (κ3) is 4.56. The van der Waals surface area contributed by atoms with Gasteiger partial charge in [0.15, 0.2) is 9.84 Å². The van der Waals surface area contributed by atoms with Crippen molar-refractivity contribution in [2.24, 2.45) is 0 Å². The number of amides is 1. The van der Waals surface area contributed by atoms with Crippen LogP contribution in [0.5, 0.6) is 5.75 Å². The minimum Gasteiger partial charge on any atom is -0.508 e. The van der Waals surface area contributed by atoms with E-state index in [1.165, 1.54) is 6.07 Å². The number of hydrogen-bond donors (Lipinski definition) is 1. The van der Waals surface area contributed by atoms with Gasteiger partial charge in [-0.3, -0.25) is 4.79 Å². The molecule has 0 saturated carbocycles. The first kappa shape index (κ1) is 20.9. The number of rotatable bonds is 4. The summed E-state index contributed by atoms with van der Waals surface area (Å²) in [5.41, 5.74) is 2.98. The number of nitrogens with zero attached hydrogens (tertiary/aromatic N) is 2. The lowest BCUT2D eigenvalue weighted by Gasteiger charge is -2.36. The second-order valence-electron chi connectivity index (χ2n) is 7.64. The van der Waals surface area contributed by atoms with Crippen molar-refractivity contribution in [1.82, 2.24) is 4.90 Å². The first-order chi connectivity index (χ1) is 14.8. The number of anilines is 1. The summed E-state index contributed by atoms with van der Waals surface area (Å²) in [7, 11) is -3.44. The highest BCUT2D eigenvalue weighted by molar-refractivity contribution is 7.90. The molecule has 6 nitrogen and oxygen atoms in total. The van der Waals surface area contributed by atoms with Gasteiger partial charge < -0.3 is 14.9 Å². The van der Waals surface area contributed by atoms with E-state index < -0.39 is 9.84 Å². The molecule has 1 aliphatic rings. The van der Waals surface area contributed by atoms with Crippen molar-refractivity contribution >= 4 is 21.4 Å². The molecule has 7 heteroatoms. The Balaban J connectivity index is 1.61. The molecule has 3 aromatic carbocycles. The Bertz CT molecular complexity index is 1180. The van der Waals surface area contributed by atoms with Crippen LogP contribution in [0.15, 0.2) is 77.7 Å². The summed E-state index contributed by atoms with van der Waals surface area (Å²) in [6.07, 6.45) is 1.15. The van der Waals surface area contributed by atoms with E-state index in [0.29, 0.717) is 31.7 Å². The van der Waals surface area contributed by atoms with Gasteiger partial charge in [-0.2, -0.15) is 0 Å². The van der Waals surface area contributed by atoms with Crippen LogP contribution in [0.4, 0.5) is 5.69 Å². The number of carbonyl (C=O) groups excluding carboxylic acids is 1. The lowest BCUT2D eigenvalue weighted by molar-refractivity contribution is 0.0747. The van der Waals surface area contributed by atoms with Crippen molar-refractivity contribution < 1.29 is 18.3 Å². The molecule has 3 aromatic rings. The lowest BCUT2D eigenvalue weighted by Crippen LogP contribution is -2.48. The normalized spacial score (nSPS) is 14.5. The van der Waals surface area contributed by atoms with Crippen molar-refractivity contribution in [3.8, 4) is 16.9 Å². The Hall–Kier alpha value is -3.32. The topological polar surface area (TPSA) is 77.9 Å². The van der Waals surface area contributed by atoms with E-state index in [-0.39, 0.29) is 16.6 Å². The highest BCUT2D eigenvalue weighted by Gasteiger charge is 2.25. The van der Waals surface area contributed by atoms with Gasteiger partial charge in [-0.25, -0.2) is 8.42 Å². The van der Waals surface area contributed by atoms with Crippen LogP contribution in [0.3, 0.4) is 0 Å². The van der Waals surface area contributed by atoms with Crippen LogP contribution in [-0.4, -0.2) is 56.8 Å². The predicted octanol–water partition coefficient (Wildman–Crippen LogP) is 3.43. The molecule has 1 amide bonds. The molecule has 0 unspecified atom stereocenters. The minimum atomic E-state index is -3.44. The van der Waals surface area contributed by atoms with Crippen LogP contribution >= 0.6 is 0 Å². The quantitative estimate of drug-likeness (QED) is 0.678. The van der Waals surface area contributed by atoms with E-state index in [4.69, 9.17) is 0 Å². The number of hydrogen-bond acceptors (Lipinski definition) is 5. The molecule has 0 aromatic heterocycles. The van der Waals surface area contributed by atoms with Crippen LogP contribution in [-0.2, 0) is 9.84 Å². The Kier molecular flexibility index (Phi) is 5.69. The monoisotopic (exact) mass is 436 g/mol. The first-order valence-corrected chi connectivity index (χ1v) is 11.9. The van der Waals surface area contributed by atoms with Gasteiger partial charge in [0.2, 0.25) is 0 Å². The highest BCUT2D eigenvalue weighted by atomic mass is 32.2. The summed E-state index contributed by atoms with van der Waals surface area (Å²) in [4.78, 5) is 17.5. The van der Waals surface area contributed by atoms with Crippen LogP contribution < -0.4 is 4.90 Å². The van der Waals surface area contributed by atoms with Crippen molar-refractivity contribution in [1.29, 1.82) is 0 Å². The minimum absolute atomic E-state index is 0.137. The van der Waals surface area contributed by atoms with Crippen LogP contribution in [0.25, 0.3) is 11.1 Å². The summed E-state index contributed by atoms with van der Waals surface area (Å²) < 4.78 is 24.2. The summed E-state index contributed by atoms with van der Waals surface area (Å²) in [6.45, 7) is 2.36. The van der Waals surface area contributed by atoms with Gasteiger partial charge in [-0.1, -0.05) is 36.4 Å². The second kappa shape index (κ2) is 8.43. The molecule has 0 bridgehead atoms. The van der Waals surface area contributed by atoms with E-state index >= 15 is 0 Å². The fourth-order valence-electron chi connectivity index (χ4n) is 3.80. The van der Waals surface area contributed by atoms with E-state index in [2.05, 4.69) is 4.90 Å². The molecule has 0 radical (unpaired) electrons. The van der Waals surface area contributed by atoms with Crippen molar-refractivity contribution in [2.45, 2.75) is 4.90 Å². The second-order valence-corrected chi connectivity index (χ2v) is 9.66. The fourth-order valence-corrected chi connectivity index (χ4v) is 4.45. The Morgan fingerprint density at radius 1 is 0.871 bits per heavy atom. The number of piperazine rings is 1. The summed E-state index contributed by atoms with van der Waals surface area (Å²) in [5.74, 6) is 0.0477. The molecule has 1 fully saturated rings. The van der Waals surface area contributed by atoms with Gasteiger partial charge in [0.05, 0.1) is 4.90 Å². The maximum atomic E-state index is 13.4. The van der Waals surface area contributed by atoms with Gasteiger partial charge >= 0.3 is 0 Å². The summed E-state index contributed by atoms with van der Waals surface area (Å²) >= 11 is 0. The average molecular weight is 437 g/mol. The van der Waals surface area contributed by atoms with Gasteiger partial charge in [0.25, 0.3) is 5.91 Å². The lowest BCUT2D eigenvalue weighted by atomic mass is 9.98. The van der Waals surface area contributed by atoms with Gasteiger partial charge in [-0.15, -0.1) is 0 Å². The van der Waals surface area contributed by atoms with Crippen LogP contribution in [0, 0.1) is 0 Å². The predicted molar refractivity (Wildman–Crippen MR) is 121 cm³/mol. The Labute approximate surface area is 182 Å². The zero-order valence-electron chi connectivity index (χ0n) is 17.2. The molecular weight excluding hydrogens is 412 g/mol. The Morgan fingerprint density at radius 3 is 2.13 bits per heavy atom. The van der Waals surface area contributed by atoms with Crippen LogP contribution in [0.2, 0.25) is 0 Å². The smallest absolute Gasteiger partial charge is 0.254 e. The van der Waals surface area contributed by atoms with Crippen molar-refractivity contribution in [3.05, 3.63) is 78.4 Å². The molecule has 1 heterocycles. The van der Waals surface area contributed by atoms with E-state index in [0.717, 1.165) is 23.1 Å². The largest absolute Gasteiger partial charge is 0.508 e. The maximum absolute atomic E-state index is 13.4. The number of benzene rings is 3. The zero-order chi connectivity index (χ0) is 22.0. The first-order valence-electron chi connectivity index (χ1n) is 10.1. The van der Waals surface area contributed by atoms with Gasteiger partial charge in [0, 0.05) is 43.7 Å². The number of sulfone groups is 1. The number of carbonyl (C=O) groups is 1. The fraction of sp³-hybridized carbons (Fsp3) is 0.208. The third-order valence-corrected chi connectivity index (χ3v) is 6.63. The standard InChI is InChI=1S/C24H24N2O4S/c1-31(29,30)21-11-12-22(18-5-3-2-4-6-18)23(17-21)24(28)26-15-13-25(14-16-26)19-7-9-20(27)10-8-19/h2-12,17,27H,13-16H2,1H3. The van der Waals surface area contributed by atoms with E-state index in [1.807, 2.05) is 42.5 Å². The molecular formula is C24H24N2O4S. The third-order valence-electron chi connectivity index (χ3n) is 5.52. The molecule has 160 valence electrons. The van der Waals surface area contributed by atoms with Crippen molar-refractivity contribution in [3.63, 3.8) is 0 Å². The molecule has 1 aliphatic heterocycles. The highest BCUT2D eigenvalue weighted by Crippen LogP contribution is 2.28. The Morgan fingerprint density at radius 2 is 1.52 bits per heavy atom. The van der Waals surface area contributed by atoms with E-state index in [1.54, 1.807) is 29.2 Å². The molecule has 1 saturated heterocycles.